The van der Waals surface area contributed by atoms with Crippen LogP contribution in [-0.2, 0) is 0 Å². The number of allylic oxidation sites excluding steroid dienone is 1. The normalized spacial score (nSPS) is 12.6. The predicted octanol–water partition coefficient (Wildman–Crippen LogP) is 15.5. The lowest BCUT2D eigenvalue weighted by Crippen LogP contribution is -2.20. The van der Waals surface area contributed by atoms with E-state index in [9.17, 15) is 5.41 Å². The third-order valence-electron chi connectivity index (χ3n) is 12.4. The van der Waals surface area contributed by atoms with Gasteiger partial charge in [-0.05, 0) is 68.3 Å². The first kappa shape index (κ1) is 40.8. The second-order valence-corrected chi connectivity index (χ2v) is 16.6. The van der Waals surface area contributed by atoms with Gasteiger partial charge in [0.05, 0.1) is 22.8 Å². The minimum absolute atomic E-state index is 0.456. The van der Waals surface area contributed by atoms with E-state index in [4.69, 9.17) is 9.97 Å². The van der Waals surface area contributed by atoms with Gasteiger partial charge in [-0.15, -0.1) is 0 Å². The van der Waals surface area contributed by atoms with Crippen LogP contribution in [0, 0.1) is 5.41 Å². The summed E-state index contributed by atoms with van der Waals surface area (Å²) in [5, 5.41) is 13.4. The number of aromatic nitrogens is 2. The van der Waals surface area contributed by atoms with Crippen molar-refractivity contribution in [1.82, 2.24) is 15.3 Å². The lowest BCUT2D eigenvalue weighted by molar-refractivity contribution is 1.18. The van der Waals surface area contributed by atoms with Crippen molar-refractivity contribution in [1.29, 1.82) is 5.41 Å². The van der Waals surface area contributed by atoms with Crippen LogP contribution in [0.25, 0.3) is 90.3 Å². The molecule has 0 unspecified atom stereocenters. The quantitative estimate of drug-likeness (QED) is 0.135. The van der Waals surface area contributed by atoms with Gasteiger partial charge in [0.25, 0.3) is 0 Å². The molecule has 0 amide bonds. The highest BCUT2D eigenvalue weighted by Crippen LogP contribution is 2.39. The van der Waals surface area contributed by atoms with Crippen molar-refractivity contribution >= 4 is 28.8 Å². The maximum absolute atomic E-state index is 9.62. The zero-order valence-corrected chi connectivity index (χ0v) is 36.6. The zero-order valence-electron chi connectivity index (χ0n) is 36.6. The van der Waals surface area contributed by atoms with E-state index in [1.54, 1.807) is 0 Å². The Labute approximate surface area is 391 Å². The summed E-state index contributed by atoms with van der Waals surface area (Å²) in [6.45, 7) is 0. The van der Waals surface area contributed by atoms with Crippen molar-refractivity contribution in [3.63, 3.8) is 0 Å². The zero-order chi connectivity index (χ0) is 44.9. The minimum Gasteiger partial charge on any atom is -0.354 e. The molecule has 0 saturated carbocycles. The molecule has 1 aliphatic rings. The van der Waals surface area contributed by atoms with Gasteiger partial charge in [0, 0.05) is 39.1 Å². The SMILES string of the molecule is N=C(/C(=C1\NC(c2ccccc2)=Cc2cc(-c3ccc(-c4nc(-c5ccc(-c6ccccc6)cc5)cc(-c5ccc(-c6ccccc6)cc5)n4)cc3)ccc21)c1ccccc1)c1ccccc1. The molecule has 0 fully saturated rings. The van der Waals surface area contributed by atoms with Gasteiger partial charge in [0.2, 0.25) is 0 Å². The molecule has 4 heteroatoms. The van der Waals surface area contributed by atoms with Crippen molar-refractivity contribution < 1.29 is 0 Å². The maximum atomic E-state index is 9.62. The molecule has 316 valence electrons. The van der Waals surface area contributed by atoms with E-state index >= 15 is 0 Å². The van der Waals surface area contributed by atoms with Crippen LogP contribution in [0.1, 0.15) is 27.8 Å². The van der Waals surface area contributed by atoms with Crippen LogP contribution in [0.5, 0.6) is 0 Å². The Morgan fingerprint density at radius 3 is 1.24 bits per heavy atom. The van der Waals surface area contributed by atoms with Gasteiger partial charge < -0.3 is 5.32 Å². The van der Waals surface area contributed by atoms with E-state index in [1.165, 1.54) is 11.1 Å². The number of fused-ring (bicyclic) bond motifs is 1. The summed E-state index contributed by atoms with van der Waals surface area (Å²) in [5.41, 5.74) is 19.7. The second-order valence-electron chi connectivity index (χ2n) is 16.6. The Balaban J connectivity index is 0.981. The molecule has 0 spiro atoms. The molecule has 1 aromatic heterocycles. The second kappa shape index (κ2) is 18.2. The molecule has 2 N–H and O–H groups in total. The molecule has 0 bridgehead atoms. The van der Waals surface area contributed by atoms with E-state index in [0.29, 0.717) is 11.5 Å². The van der Waals surface area contributed by atoms with Crippen molar-refractivity contribution in [2.75, 3.05) is 0 Å². The monoisotopic (exact) mass is 856 g/mol. The van der Waals surface area contributed by atoms with Crippen LogP contribution in [0.2, 0.25) is 0 Å². The highest BCUT2D eigenvalue weighted by atomic mass is 14.9. The molecule has 0 saturated heterocycles. The summed E-state index contributed by atoms with van der Waals surface area (Å²) >= 11 is 0. The number of nitrogens with one attached hydrogen (secondary N) is 2. The lowest BCUT2D eigenvalue weighted by atomic mass is 9.87. The topological polar surface area (TPSA) is 61.7 Å². The van der Waals surface area contributed by atoms with Crippen molar-refractivity contribution in [2.45, 2.75) is 0 Å². The highest BCUT2D eigenvalue weighted by Gasteiger charge is 2.24. The van der Waals surface area contributed by atoms with Crippen LogP contribution < -0.4 is 5.32 Å². The van der Waals surface area contributed by atoms with Gasteiger partial charge in [-0.25, -0.2) is 9.97 Å². The van der Waals surface area contributed by atoms with Crippen LogP contribution in [-0.4, -0.2) is 15.7 Å². The first-order valence-electron chi connectivity index (χ1n) is 22.6. The van der Waals surface area contributed by atoms with Gasteiger partial charge in [-0.1, -0.05) is 237 Å². The molecule has 11 rings (SSSR count). The van der Waals surface area contributed by atoms with E-state index in [0.717, 1.165) is 95.1 Å². The fraction of sp³-hybridized carbons (Fsp3) is 0. The molecule has 0 atom stereocenters. The molecule has 10 aromatic rings. The third-order valence-corrected chi connectivity index (χ3v) is 12.4. The van der Waals surface area contributed by atoms with E-state index in [1.807, 2.05) is 66.7 Å². The summed E-state index contributed by atoms with van der Waals surface area (Å²) in [6, 6.07) is 86.1. The smallest absolute Gasteiger partial charge is 0.160 e. The van der Waals surface area contributed by atoms with Crippen LogP contribution in [0.15, 0.2) is 249 Å². The molecular formula is C63H44N4. The number of nitrogens with zero attached hydrogens (tertiary/aromatic N) is 2. The van der Waals surface area contributed by atoms with Crippen molar-refractivity contribution in [3.05, 3.63) is 277 Å². The first-order chi connectivity index (χ1) is 33.1. The van der Waals surface area contributed by atoms with Crippen LogP contribution in [0.4, 0.5) is 0 Å². The van der Waals surface area contributed by atoms with Gasteiger partial charge in [-0.2, -0.15) is 0 Å². The molecule has 67 heavy (non-hydrogen) atoms. The van der Waals surface area contributed by atoms with Gasteiger partial charge >= 0.3 is 0 Å². The Morgan fingerprint density at radius 2 is 0.731 bits per heavy atom. The summed E-state index contributed by atoms with van der Waals surface area (Å²) in [4.78, 5) is 10.4. The molecule has 2 heterocycles. The number of hydrogen-bond acceptors (Lipinski definition) is 4. The third kappa shape index (κ3) is 8.55. The van der Waals surface area contributed by atoms with Crippen LogP contribution >= 0.6 is 0 Å². The largest absolute Gasteiger partial charge is 0.354 e. The fourth-order valence-electron chi connectivity index (χ4n) is 8.83. The fourth-order valence-corrected chi connectivity index (χ4v) is 8.83. The Hall–Kier alpha value is -8.99. The first-order valence-corrected chi connectivity index (χ1v) is 22.6. The number of hydrogen-bond donors (Lipinski definition) is 2. The van der Waals surface area contributed by atoms with Gasteiger partial charge in [-0.3, -0.25) is 5.41 Å². The maximum Gasteiger partial charge on any atom is 0.160 e. The van der Waals surface area contributed by atoms with E-state index < -0.39 is 0 Å². The van der Waals surface area contributed by atoms with E-state index in [-0.39, 0.29) is 0 Å². The summed E-state index contributed by atoms with van der Waals surface area (Å²) in [7, 11) is 0. The summed E-state index contributed by atoms with van der Waals surface area (Å²) in [6.07, 6.45) is 2.22. The Bertz CT molecular complexity index is 3320. The predicted molar refractivity (Wildman–Crippen MR) is 279 cm³/mol. The molecule has 4 nitrogen and oxygen atoms in total. The molecule has 1 aliphatic heterocycles. The standard InChI is InChI=1S/C63H44N4/c64-61(52-24-14-5-15-25-52)60(51-22-12-4-13-23-51)62-56-39-38-54(40-55(56)41-57(65-62)48-20-10-3-11-21-48)47-30-36-53(37-31-47)63-66-58(49-32-26-45(27-33-49)43-16-6-1-7-17-43)42-59(67-63)50-34-28-46(29-35-50)44-18-8-2-9-19-44/h1-42,64-65H/b62-60-,64-61?. The number of rotatable bonds is 10. The lowest BCUT2D eigenvalue weighted by Gasteiger charge is -2.26. The Morgan fingerprint density at radius 1 is 0.343 bits per heavy atom. The van der Waals surface area contributed by atoms with Gasteiger partial charge in [0.15, 0.2) is 5.82 Å². The van der Waals surface area contributed by atoms with E-state index in [2.05, 4.69) is 193 Å². The molecule has 9 aromatic carbocycles. The minimum atomic E-state index is 0.456. The summed E-state index contributed by atoms with van der Waals surface area (Å²) < 4.78 is 0. The number of benzene rings is 9. The molecule has 0 radical (unpaired) electrons. The molecule has 0 aliphatic carbocycles. The Kier molecular flexibility index (Phi) is 11.1. The van der Waals surface area contributed by atoms with Crippen molar-refractivity contribution in [3.8, 4) is 67.3 Å². The summed E-state index contributed by atoms with van der Waals surface area (Å²) in [5.74, 6) is 0.661. The van der Waals surface area contributed by atoms with Crippen LogP contribution in [0.3, 0.4) is 0 Å². The highest BCUT2D eigenvalue weighted by molar-refractivity contribution is 6.36. The average molecular weight is 857 g/mol. The average Bonchev–Trinajstić information content (AvgIpc) is 3.42. The molecular weight excluding hydrogens is 813 g/mol. The van der Waals surface area contributed by atoms with Crippen molar-refractivity contribution in [2.24, 2.45) is 0 Å². The van der Waals surface area contributed by atoms with Gasteiger partial charge in [0.1, 0.15) is 0 Å².